The van der Waals surface area contributed by atoms with E-state index >= 15 is 0 Å². The van der Waals surface area contributed by atoms with Gasteiger partial charge in [0, 0.05) is 38.8 Å². The predicted molar refractivity (Wildman–Crippen MR) is 117 cm³/mol. The molecule has 3 rings (SSSR count). The van der Waals surface area contributed by atoms with Crippen molar-refractivity contribution in [2.45, 2.75) is 25.9 Å². The van der Waals surface area contributed by atoms with Gasteiger partial charge in [-0.1, -0.05) is 24.3 Å². The van der Waals surface area contributed by atoms with E-state index in [1.165, 1.54) is 11.1 Å². The molecule has 0 aromatic heterocycles. The summed E-state index contributed by atoms with van der Waals surface area (Å²) in [6.45, 7) is 5.04. The SMILES string of the molecule is CCOc1cc(C(=O)N(C)C[C@H](O)CN2CCc3ccccc3CC2)ccc1OC. The van der Waals surface area contributed by atoms with Crippen molar-refractivity contribution in [2.75, 3.05) is 46.9 Å². The number of ether oxygens (including phenoxy) is 2. The van der Waals surface area contributed by atoms with Crippen LogP contribution in [0.15, 0.2) is 42.5 Å². The van der Waals surface area contributed by atoms with Gasteiger partial charge in [-0.25, -0.2) is 0 Å². The summed E-state index contributed by atoms with van der Waals surface area (Å²) in [7, 11) is 3.29. The summed E-state index contributed by atoms with van der Waals surface area (Å²) in [4.78, 5) is 16.7. The van der Waals surface area contributed by atoms with Crippen molar-refractivity contribution >= 4 is 5.91 Å². The Morgan fingerprint density at radius 3 is 2.40 bits per heavy atom. The normalized spacial score (nSPS) is 15.1. The molecule has 0 spiro atoms. The summed E-state index contributed by atoms with van der Waals surface area (Å²) in [5.74, 6) is 0.989. The molecule has 30 heavy (non-hydrogen) atoms. The Bertz CT molecular complexity index is 828. The molecule has 0 radical (unpaired) electrons. The Kier molecular flexibility index (Phi) is 7.71. The molecule has 1 heterocycles. The van der Waals surface area contributed by atoms with Crippen molar-refractivity contribution in [3.05, 3.63) is 59.2 Å². The van der Waals surface area contributed by atoms with E-state index in [0.717, 1.165) is 25.9 Å². The average Bonchev–Trinajstić information content (AvgIpc) is 2.95. The summed E-state index contributed by atoms with van der Waals surface area (Å²) in [5, 5.41) is 10.6. The number of aliphatic hydroxyl groups is 1. The highest BCUT2D eigenvalue weighted by atomic mass is 16.5. The molecule has 0 saturated heterocycles. The van der Waals surface area contributed by atoms with Crippen LogP contribution >= 0.6 is 0 Å². The van der Waals surface area contributed by atoms with Gasteiger partial charge in [0.25, 0.3) is 5.91 Å². The van der Waals surface area contributed by atoms with Crippen molar-refractivity contribution in [1.29, 1.82) is 0 Å². The number of β-amino-alcohol motifs (C(OH)–C–C–N with tert-alkyl or cyclic N) is 1. The maximum absolute atomic E-state index is 12.8. The largest absolute Gasteiger partial charge is 0.493 e. The fourth-order valence-electron chi connectivity index (χ4n) is 3.95. The summed E-state index contributed by atoms with van der Waals surface area (Å²) in [6.07, 6.45) is 1.37. The van der Waals surface area contributed by atoms with Gasteiger partial charge in [0.1, 0.15) is 0 Å². The van der Waals surface area contributed by atoms with E-state index < -0.39 is 6.10 Å². The van der Waals surface area contributed by atoms with Crippen LogP contribution in [0.4, 0.5) is 0 Å². The van der Waals surface area contributed by atoms with Gasteiger partial charge in [-0.15, -0.1) is 0 Å². The highest BCUT2D eigenvalue weighted by Gasteiger charge is 2.21. The number of fused-ring (bicyclic) bond motifs is 1. The smallest absolute Gasteiger partial charge is 0.253 e. The molecule has 1 aliphatic heterocycles. The molecular formula is C24H32N2O4. The van der Waals surface area contributed by atoms with Crippen LogP contribution in [-0.2, 0) is 12.8 Å². The number of rotatable bonds is 8. The fourth-order valence-corrected chi connectivity index (χ4v) is 3.95. The van der Waals surface area contributed by atoms with Crippen molar-refractivity contribution in [3.8, 4) is 11.5 Å². The number of likely N-dealkylation sites (N-methyl/N-ethyl adjacent to an activating group) is 1. The molecule has 0 aliphatic carbocycles. The Hall–Kier alpha value is -2.57. The van der Waals surface area contributed by atoms with Gasteiger partial charge in [-0.05, 0) is 49.1 Å². The van der Waals surface area contributed by atoms with Crippen LogP contribution in [0.2, 0.25) is 0 Å². The summed E-state index contributed by atoms with van der Waals surface area (Å²) >= 11 is 0. The molecule has 0 bridgehead atoms. The Morgan fingerprint density at radius 2 is 1.80 bits per heavy atom. The van der Waals surface area contributed by atoms with Gasteiger partial charge in [0.15, 0.2) is 11.5 Å². The number of carbonyl (C=O) groups is 1. The number of hydrogen-bond acceptors (Lipinski definition) is 5. The van der Waals surface area contributed by atoms with E-state index in [2.05, 4.69) is 29.2 Å². The van der Waals surface area contributed by atoms with Gasteiger partial charge in [-0.3, -0.25) is 4.79 Å². The second-order valence-electron chi connectivity index (χ2n) is 7.71. The van der Waals surface area contributed by atoms with Crippen molar-refractivity contribution in [3.63, 3.8) is 0 Å². The van der Waals surface area contributed by atoms with Crippen LogP contribution in [0, 0.1) is 0 Å². The number of carbonyl (C=O) groups excluding carboxylic acids is 1. The number of nitrogens with zero attached hydrogens (tertiary/aromatic N) is 2. The third-order valence-electron chi connectivity index (χ3n) is 5.52. The Balaban J connectivity index is 1.56. The fraction of sp³-hybridized carbons (Fsp3) is 0.458. The van der Waals surface area contributed by atoms with E-state index in [-0.39, 0.29) is 12.5 Å². The van der Waals surface area contributed by atoms with E-state index in [9.17, 15) is 9.90 Å². The first-order chi connectivity index (χ1) is 14.5. The van der Waals surface area contributed by atoms with Crippen LogP contribution < -0.4 is 9.47 Å². The molecule has 1 N–H and O–H groups in total. The van der Waals surface area contributed by atoms with Crippen LogP contribution in [0.3, 0.4) is 0 Å². The van der Waals surface area contributed by atoms with E-state index in [0.29, 0.717) is 30.2 Å². The number of hydrogen-bond donors (Lipinski definition) is 1. The molecule has 0 saturated carbocycles. The molecule has 0 unspecified atom stereocenters. The van der Waals surface area contributed by atoms with Gasteiger partial charge in [0.2, 0.25) is 0 Å². The minimum atomic E-state index is -0.607. The van der Waals surface area contributed by atoms with Crippen LogP contribution in [-0.4, -0.2) is 73.9 Å². The molecule has 2 aromatic carbocycles. The molecule has 0 fully saturated rings. The third-order valence-corrected chi connectivity index (χ3v) is 5.52. The lowest BCUT2D eigenvalue weighted by molar-refractivity contribution is 0.0591. The molecule has 1 aliphatic rings. The molecule has 162 valence electrons. The molecule has 6 heteroatoms. The number of benzene rings is 2. The van der Waals surface area contributed by atoms with Gasteiger partial charge in [0.05, 0.1) is 19.8 Å². The topological polar surface area (TPSA) is 62.2 Å². The lowest BCUT2D eigenvalue weighted by Crippen LogP contribution is -2.41. The predicted octanol–water partition coefficient (Wildman–Crippen LogP) is 2.63. The lowest BCUT2D eigenvalue weighted by atomic mass is 10.0. The van der Waals surface area contributed by atoms with Crippen molar-refractivity contribution in [1.82, 2.24) is 9.80 Å². The summed E-state index contributed by atoms with van der Waals surface area (Å²) in [6, 6.07) is 13.7. The maximum atomic E-state index is 12.8. The molecule has 1 atom stereocenters. The summed E-state index contributed by atoms with van der Waals surface area (Å²) in [5.41, 5.74) is 3.30. The van der Waals surface area contributed by atoms with Crippen LogP contribution in [0.25, 0.3) is 0 Å². The minimum Gasteiger partial charge on any atom is -0.493 e. The van der Waals surface area contributed by atoms with Crippen molar-refractivity contribution in [2.24, 2.45) is 0 Å². The first-order valence-electron chi connectivity index (χ1n) is 10.5. The monoisotopic (exact) mass is 412 g/mol. The molecule has 6 nitrogen and oxygen atoms in total. The third kappa shape index (κ3) is 5.52. The summed E-state index contributed by atoms with van der Waals surface area (Å²) < 4.78 is 10.8. The molecular weight excluding hydrogens is 380 g/mol. The van der Waals surface area contributed by atoms with Gasteiger partial charge in [-0.2, -0.15) is 0 Å². The first kappa shape index (κ1) is 22.1. The first-order valence-corrected chi connectivity index (χ1v) is 10.5. The quantitative estimate of drug-likeness (QED) is 0.722. The van der Waals surface area contributed by atoms with E-state index in [1.54, 1.807) is 37.3 Å². The van der Waals surface area contributed by atoms with E-state index in [1.807, 2.05) is 6.92 Å². The lowest BCUT2D eigenvalue weighted by Gasteiger charge is -2.26. The van der Waals surface area contributed by atoms with Gasteiger partial charge >= 0.3 is 0 Å². The van der Waals surface area contributed by atoms with E-state index in [4.69, 9.17) is 9.47 Å². The number of amides is 1. The average molecular weight is 413 g/mol. The zero-order valence-electron chi connectivity index (χ0n) is 18.1. The van der Waals surface area contributed by atoms with Gasteiger partial charge < -0.3 is 24.4 Å². The number of methoxy groups -OCH3 is 1. The zero-order chi connectivity index (χ0) is 21.5. The Labute approximate surface area is 179 Å². The van der Waals surface area contributed by atoms with Crippen molar-refractivity contribution < 1.29 is 19.4 Å². The number of aliphatic hydroxyl groups excluding tert-OH is 1. The molecule has 1 amide bonds. The second-order valence-corrected chi connectivity index (χ2v) is 7.71. The maximum Gasteiger partial charge on any atom is 0.253 e. The van der Waals surface area contributed by atoms with Crippen LogP contribution in [0.5, 0.6) is 11.5 Å². The van der Waals surface area contributed by atoms with Crippen LogP contribution in [0.1, 0.15) is 28.4 Å². The zero-order valence-corrected chi connectivity index (χ0v) is 18.1. The highest BCUT2D eigenvalue weighted by molar-refractivity contribution is 5.94. The highest BCUT2D eigenvalue weighted by Crippen LogP contribution is 2.28. The standard InChI is InChI=1S/C24H32N2O4/c1-4-30-23-15-20(9-10-22(23)29-3)24(28)25(2)16-21(27)17-26-13-11-18-7-5-6-8-19(18)12-14-26/h5-10,15,21,27H,4,11-14,16-17H2,1-3H3/t21-/m0/s1. The Morgan fingerprint density at radius 1 is 1.13 bits per heavy atom. The molecule has 2 aromatic rings. The minimum absolute atomic E-state index is 0.152. The second kappa shape index (κ2) is 10.5.